The lowest BCUT2D eigenvalue weighted by molar-refractivity contribution is 0.842. The van der Waals surface area contributed by atoms with Crippen LogP contribution in [0.4, 0.5) is 0 Å². The Kier molecular flexibility index (Phi) is 5.60. The summed E-state index contributed by atoms with van der Waals surface area (Å²) in [5, 5.41) is 0.611. The van der Waals surface area contributed by atoms with Crippen LogP contribution in [0.5, 0.6) is 0 Å². The first kappa shape index (κ1) is 13.3. The number of aromatic nitrogens is 2. The van der Waals surface area contributed by atoms with E-state index in [0.29, 0.717) is 5.25 Å². The van der Waals surface area contributed by atoms with E-state index < -0.39 is 0 Å². The number of thioether (sulfide) groups is 1. The maximum atomic E-state index is 11.4. The third-order valence-corrected chi connectivity index (χ3v) is 3.77. The van der Waals surface area contributed by atoms with Gasteiger partial charge in [-0.15, -0.1) is 0 Å². The predicted molar refractivity (Wildman–Crippen MR) is 69.9 cm³/mol. The summed E-state index contributed by atoms with van der Waals surface area (Å²) < 4.78 is 0. The Morgan fingerprint density at radius 2 is 2.25 bits per heavy atom. The van der Waals surface area contributed by atoms with Gasteiger partial charge in [0, 0.05) is 17.0 Å². The number of rotatable bonds is 6. The number of hydrogen-bond acceptors (Lipinski definition) is 3. The molecule has 1 aromatic heterocycles. The van der Waals surface area contributed by atoms with Gasteiger partial charge in [-0.25, -0.2) is 4.98 Å². The maximum Gasteiger partial charge on any atom is 0.251 e. The Labute approximate surface area is 101 Å². The lowest BCUT2D eigenvalue weighted by atomic mass is 10.2. The average Bonchev–Trinajstić information content (AvgIpc) is 2.25. The van der Waals surface area contributed by atoms with Crippen LogP contribution in [0.2, 0.25) is 0 Å². The molecular formula is C12H20N2OS. The van der Waals surface area contributed by atoms with Crippen molar-refractivity contribution in [3.63, 3.8) is 0 Å². The van der Waals surface area contributed by atoms with Gasteiger partial charge in [0.25, 0.3) is 5.56 Å². The molecule has 4 heteroatoms. The zero-order chi connectivity index (χ0) is 12.0. The van der Waals surface area contributed by atoms with Gasteiger partial charge in [-0.1, -0.05) is 27.2 Å². The first-order valence-corrected chi connectivity index (χ1v) is 6.91. The Morgan fingerprint density at radius 3 is 2.88 bits per heavy atom. The molecule has 0 spiro atoms. The topological polar surface area (TPSA) is 45.8 Å². The van der Waals surface area contributed by atoms with E-state index in [4.69, 9.17) is 0 Å². The highest BCUT2D eigenvalue weighted by Crippen LogP contribution is 2.17. The summed E-state index contributed by atoms with van der Waals surface area (Å²) in [7, 11) is 0. The van der Waals surface area contributed by atoms with Crippen LogP contribution in [-0.4, -0.2) is 15.2 Å². The summed E-state index contributed by atoms with van der Waals surface area (Å²) in [6.45, 7) is 6.45. The van der Waals surface area contributed by atoms with E-state index in [9.17, 15) is 4.79 Å². The quantitative estimate of drug-likeness (QED) is 0.831. The first-order valence-electron chi connectivity index (χ1n) is 5.86. The van der Waals surface area contributed by atoms with E-state index in [1.807, 2.05) is 11.8 Å². The minimum absolute atomic E-state index is 0.0294. The minimum atomic E-state index is -0.0294. The van der Waals surface area contributed by atoms with Crippen LogP contribution in [-0.2, 0) is 12.2 Å². The fourth-order valence-electron chi connectivity index (χ4n) is 1.35. The lowest BCUT2D eigenvalue weighted by Gasteiger charge is -2.08. The molecule has 1 rings (SSSR count). The van der Waals surface area contributed by atoms with Crippen molar-refractivity contribution in [1.29, 1.82) is 0 Å². The highest BCUT2D eigenvalue weighted by molar-refractivity contribution is 7.99. The van der Waals surface area contributed by atoms with E-state index in [1.54, 1.807) is 6.07 Å². The van der Waals surface area contributed by atoms with Crippen molar-refractivity contribution in [3.05, 3.63) is 27.9 Å². The van der Waals surface area contributed by atoms with E-state index >= 15 is 0 Å². The van der Waals surface area contributed by atoms with Crippen LogP contribution in [0.15, 0.2) is 10.9 Å². The molecule has 0 bridgehead atoms. The minimum Gasteiger partial charge on any atom is -0.310 e. The van der Waals surface area contributed by atoms with Crippen LogP contribution in [0.3, 0.4) is 0 Å². The first-order chi connectivity index (χ1) is 7.65. The smallest absolute Gasteiger partial charge is 0.251 e. The molecule has 0 amide bonds. The molecule has 0 saturated heterocycles. The number of aryl methyl sites for hydroxylation is 1. The Morgan fingerprint density at radius 1 is 1.50 bits per heavy atom. The van der Waals surface area contributed by atoms with E-state index in [2.05, 4.69) is 30.7 Å². The summed E-state index contributed by atoms with van der Waals surface area (Å²) in [4.78, 5) is 18.6. The van der Waals surface area contributed by atoms with Crippen molar-refractivity contribution in [3.8, 4) is 0 Å². The molecule has 0 saturated carbocycles. The summed E-state index contributed by atoms with van der Waals surface area (Å²) >= 11 is 1.83. The molecule has 0 fully saturated rings. The molecule has 0 aromatic carbocycles. The summed E-state index contributed by atoms with van der Waals surface area (Å²) in [5.41, 5.74) is 0.879. The zero-order valence-corrected chi connectivity index (χ0v) is 11.1. The number of nitrogens with zero attached hydrogens (tertiary/aromatic N) is 1. The van der Waals surface area contributed by atoms with Gasteiger partial charge >= 0.3 is 0 Å². The zero-order valence-electron chi connectivity index (χ0n) is 10.2. The molecular weight excluding hydrogens is 220 g/mol. The van der Waals surface area contributed by atoms with Gasteiger partial charge in [0.1, 0.15) is 5.82 Å². The van der Waals surface area contributed by atoms with Crippen LogP contribution in [0, 0.1) is 0 Å². The Bertz CT molecular complexity index is 376. The van der Waals surface area contributed by atoms with Crippen molar-refractivity contribution in [1.82, 2.24) is 9.97 Å². The molecule has 1 heterocycles. The van der Waals surface area contributed by atoms with Crippen LogP contribution >= 0.6 is 11.8 Å². The number of nitrogens with one attached hydrogen (secondary N) is 1. The van der Waals surface area contributed by atoms with E-state index in [1.165, 1.54) is 0 Å². The van der Waals surface area contributed by atoms with Crippen LogP contribution in [0.25, 0.3) is 0 Å². The van der Waals surface area contributed by atoms with E-state index in [0.717, 1.165) is 36.5 Å². The van der Waals surface area contributed by atoms with Crippen molar-refractivity contribution in [2.24, 2.45) is 0 Å². The Hall–Kier alpha value is -0.770. The second kappa shape index (κ2) is 6.74. The van der Waals surface area contributed by atoms with Crippen molar-refractivity contribution in [2.75, 3.05) is 0 Å². The third-order valence-electron chi connectivity index (χ3n) is 2.43. The SMILES string of the molecule is CCCc1cc(=O)[nH]c(CSC(C)CC)n1. The number of H-pyrrole nitrogens is 1. The highest BCUT2D eigenvalue weighted by Gasteiger charge is 2.04. The molecule has 16 heavy (non-hydrogen) atoms. The largest absolute Gasteiger partial charge is 0.310 e. The summed E-state index contributed by atoms with van der Waals surface area (Å²) in [6.07, 6.45) is 3.04. The van der Waals surface area contributed by atoms with Gasteiger partial charge in [0.05, 0.1) is 5.75 Å². The van der Waals surface area contributed by atoms with Gasteiger partial charge in [-0.05, 0) is 12.8 Å². The third kappa shape index (κ3) is 4.39. The van der Waals surface area contributed by atoms with Crippen LogP contribution < -0.4 is 5.56 Å². The number of aromatic amines is 1. The molecule has 90 valence electrons. The monoisotopic (exact) mass is 240 g/mol. The maximum absolute atomic E-state index is 11.4. The second-order valence-corrected chi connectivity index (χ2v) is 5.39. The van der Waals surface area contributed by atoms with E-state index in [-0.39, 0.29) is 5.56 Å². The molecule has 3 nitrogen and oxygen atoms in total. The van der Waals surface area contributed by atoms with Gasteiger partial charge in [0.2, 0.25) is 0 Å². The van der Waals surface area contributed by atoms with Gasteiger partial charge < -0.3 is 4.98 Å². The van der Waals surface area contributed by atoms with Crippen molar-refractivity contribution in [2.45, 2.75) is 51.0 Å². The normalized spacial score (nSPS) is 12.7. The summed E-state index contributed by atoms with van der Waals surface area (Å²) in [5.74, 6) is 1.60. The van der Waals surface area contributed by atoms with Crippen LogP contribution in [0.1, 0.15) is 45.1 Å². The van der Waals surface area contributed by atoms with Gasteiger partial charge in [-0.3, -0.25) is 4.79 Å². The summed E-state index contributed by atoms with van der Waals surface area (Å²) in [6, 6.07) is 1.60. The lowest BCUT2D eigenvalue weighted by Crippen LogP contribution is -2.12. The average molecular weight is 240 g/mol. The molecule has 1 aromatic rings. The molecule has 0 radical (unpaired) electrons. The standard InChI is InChI=1S/C12H20N2OS/c1-4-6-10-7-12(15)14-11(13-10)8-16-9(3)5-2/h7,9H,4-6,8H2,1-3H3,(H,13,14,15). The van der Waals surface area contributed by atoms with Gasteiger partial charge in [-0.2, -0.15) is 11.8 Å². The Balaban J connectivity index is 2.68. The van der Waals surface area contributed by atoms with Crippen molar-refractivity contribution < 1.29 is 0 Å². The fourth-order valence-corrected chi connectivity index (χ4v) is 2.17. The fraction of sp³-hybridized carbons (Fsp3) is 0.667. The molecule has 1 N–H and O–H groups in total. The molecule has 1 atom stereocenters. The predicted octanol–water partition coefficient (Wildman–Crippen LogP) is 2.75. The second-order valence-electron chi connectivity index (χ2n) is 3.96. The molecule has 0 aliphatic rings. The van der Waals surface area contributed by atoms with Crippen molar-refractivity contribution >= 4 is 11.8 Å². The highest BCUT2D eigenvalue weighted by atomic mass is 32.2. The van der Waals surface area contributed by atoms with Gasteiger partial charge in [0.15, 0.2) is 0 Å². The number of hydrogen-bond donors (Lipinski definition) is 1. The molecule has 1 unspecified atom stereocenters. The molecule has 0 aliphatic heterocycles. The molecule has 0 aliphatic carbocycles.